The van der Waals surface area contributed by atoms with Gasteiger partial charge in [-0.25, -0.2) is 4.39 Å². The highest BCUT2D eigenvalue weighted by Crippen LogP contribution is 2.28. The molecule has 0 saturated heterocycles. The van der Waals surface area contributed by atoms with Crippen LogP contribution in [0, 0.1) is 12.7 Å². The van der Waals surface area contributed by atoms with Gasteiger partial charge < -0.3 is 5.32 Å². The summed E-state index contributed by atoms with van der Waals surface area (Å²) in [6, 6.07) is 6.37. The molecular formula is C16H24FNS. The van der Waals surface area contributed by atoms with Gasteiger partial charge in [-0.05, 0) is 56.6 Å². The summed E-state index contributed by atoms with van der Waals surface area (Å²) in [6.07, 6.45) is 7.33. The lowest BCUT2D eigenvalue weighted by Crippen LogP contribution is -2.36. The minimum Gasteiger partial charge on any atom is -0.307 e. The third kappa shape index (κ3) is 3.96. The van der Waals surface area contributed by atoms with Crippen molar-refractivity contribution in [3.8, 4) is 0 Å². The summed E-state index contributed by atoms with van der Waals surface area (Å²) in [4.78, 5) is 0. The van der Waals surface area contributed by atoms with Gasteiger partial charge in [-0.2, -0.15) is 11.8 Å². The van der Waals surface area contributed by atoms with Gasteiger partial charge in [0, 0.05) is 17.3 Å². The molecule has 3 atom stereocenters. The van der Waals surface area contributed by atoms with Gasteiger partial charge in [0.1, 0.15) is 5.82 Å². The summed E-state index contributed by atoms with van der Waals surface area (Å²) < 4.78 is 13.6. The Balaban J connectivity index is 1.96. The van der Waals surface area contributed by atoms with Crippen molar-refractivity contribution in [1.82, 2.24) is 5.32 Å². The number of thioether (sulfide) groups is 1. The van der Waals surface area contributed by atoms with E-state index in [1.54, 1.807) is 13.0 Å². The summed E-state index contributed by atoms with van der Waals surface area (Å²) in [6.45, 7) is 3.94. The standard InChI is InChI=1S/C16H24FNS/c1-11-7-8-13(9-16(11)17)12(2)18-14-5-4-6-15(10-14)19-3/h7-9,12,14-15,18H,4-6,10H2,1-3H3. The predicted molar refractivity (Wildman–Crippen MR) is 82.2 cm³/mol. The van der Waals surface area contributed by atoms with E-state index in [1.165, 1.54) is 25.7 Å². The van der Waals surface area contributed by atoms with Gasteiger partial charge in [0.2, 0.25) is 0 Å². The highest BCUT2D eigenvalue weighted by atomic mass is 32.2. The van der Waals surface area contributed by atoms with E-state index in [0.29, 0.717) is 6.04 Å². The van der Waals surface area contributed by atoms with Gasteiger partial charge in [-0.15, -0.1) is 0 Å². The van der Waals surface area contributed by atoms with Crippen molar-refractivity contribution >= 4 is 11.8 Å². The summed E-state index contributed by atoms with van der Waals surface area (Å²) >= 11 is 1.98. The molecule has 2 rings (SSSR count). The molecule has 1 N–H and O–H groups in total. The topological polar surface area (TPSA) is 12.0 Å². The molecule has 106 valence electrons. The Labute approximate surface area is 120 Å². The lowest BCUT2D eigenvalue weighted by Gasteiger charge is -2.31. The predicted octanol–water partition coefficient (Wildman–Crippen LogP) is 4.46. The van der Waals surface area contributed by atoms with Crippen LogP contribution in [0.2, 0.25) is 0 Å². The average molecular weight is 281 g/mol. The van der Waals surface area contributed by atoms with Gasteiger partial charge in [-0.3, -0.25) is 0 Å². The fraction of sp³-hybridized carbons (Fsp3) is 0.625. The number of halogens is 1. The van der Waals surface area contributed by atoms with Gasteiger partial charge in [0.05, 0.1) is 0 Å². The third-order valence-corrected chi connectivity index (χ3v) is 5.24. The fourth-order valence-electron chi connectivity index (χ4n) is 2.84. The van der Waals surface area contributed by atoms with E-state index in [9.17, 15) is 4.39 Å². The number of rotatable bonds is 4. The summed E-state index contributed by atoms with van der Waals surface area (Å²) in [5.41, 5.74) is 1.77. The smallest absolute Gasteiger partial charge is 0.126 e. The first-order valence-corrected chi connectivity index (χ1v) is 8.44. The molecule has 0 spiro atoms. The van der Waals surface area contributed by atoms with Gasteiger partial charge in [0.25, 0.3) is 0 Å². The molecule has 1 aromatic rings. The van der Waals surface area contributed by atoms with E-state index in [2.05, 4.69) is 18.5 Å². The maximum absolute atomic E-state index is 13.6. The van der Waals surface area contributed by atoms with Gasteiger partial charge in [0.15, 0.2) is 0 Å². The van der Waals surface area contributed by atoms with Crippen molar-refractivity contribution in [2.75, 3.05) is 6.26 Å². The van der Waals surface area contributed by atoms with Crippen LogP contribution < -0.4 is 5.32 Å². The van der Waals surface area contributed by atoms with Gasteiger partial charge >= 0.3 is 0 Å². The second-order valence-corrected chi connectivity index (χ2v) is 6.76. The summed E-state index contributed by atoms with van der Waals surface area (Å²) in [7, 11) is 0. The Morgan fingerprint density at radius 2 is 2.16 bits per heavy atom. The molecular weight excluding hydrogens is 257 g/mol. The van der Waals surface area contributed by atoms with Crippen molar-refractivity contribution < 1.29 is 4.39 Å². The number of hydrogen-bond acceptors (Lipinski definition) is 2. The molecule has 1 aliphatic carbocycles. The first-order valence-electron chi connectivity index (χ1n) is 7.15. The van der Waals surface area contributed by atoms with E-state index in [4.69, 9.17) is 0 Å². The average Bonchev–Trinajstić information content (AvgIpc) is 2.42. The zero-order valence-electron chi connectivity index (χ0n) is 12.1. The van der Waals surface area contributed by atoms with Crippen LogP contribution in [-0.2, 0) is 0 Å². The molecule has 1 saturated carbocycles. The Hall–Kier alpha value is -0.540. The molecule has 19 heavy (non-hydrogen) atoms. The van der Waals surface area contributed by atoms with Crippen LogP contribution in [0.5, 0.6) is 0 Å². The van der Waals surface area contributed by atoms with Crippen LogP contribution in [-0.4, -0.2) is 17.5 Å². The quantitative estimate of drug-likeness (QED) is 0.874. The lowest BCUT2D eigenvalue weighted by atomic mass is 9.93. The molecule has 3 heteroatoms. The molecule has 1 aromatic carbocycles. The van der Waals surface area contributed by atoms with E-state index in [1.807, 2.05) is 23.9 Å². The maximum Gasteiger partial charge on any atom is 0.126 e. The van der Waals surface area contributed by atoms with Crippen molar-refractivity contribution in [3.63, 3.8) is 0 Å². The van der Waals surface area contributed by atoms with Crippen molar-refractivity contribution in [3.05, 3.63) is 35.1 Å². The molecule has 0 bridgehead atoms. The maximum atomic E-state index is 13.6. The van der Waals surface area contributed by atoms with Crippen molar-refractivity contribution in [2.24, 2.45) is 0 Å². The molecule has 1 fully saturated rings. The first-order chi connectivity index (χ1) is 9.10. The minimum absolute atomic E-state index is 0.100. The van der Waals surface area contributed by atoms with E-state index >= 15 is 0 Å². The Bertz CT molecular complexity index is 421. The highest BCUT2D eigenvalue weighted by Gasteiger charge is 2.22. The zero-order valence-corrected chi connectivity index (χ0v) is 12.9. The van der Waals surface area contributed by atoms with Crippen LogP contribution in [0.4, 0.5) is 4.39 Å². The second-order valence-electron chi connectivity index (χ2n) is 5.62. The van der Waals surface area contributed by atoms with Crippen molar-refractivity contribution in [1.29, 1.82) is 0 Å². The molecule has 0 amide bonds. The number of nitrogens with one attached hydrogen (secondary N) is 1. The van der Waals surface area contributed by atoms with Crippen LogP contribution in [0.15, 0.2) is 18.2 Å². The molecule has 0 aliphatic heterocycles. The normalized spacial score (nSPS) is 25.3. The molecule has 1 aliphatic rings. The fourth-order valence-corrected chi connectivity index (χ4v) is 3.67. The SMILES string of the molecule is CSC1CCCC(NC(C)c2ccc(C)c(F)c2)C1. The molecule has 1 nitrogen and oxygen atoms in total. The van der Waals surface area contributed by atoms with Gasteiger partial charge in [-0.1, -0.05) is 18.6 Å². The second kappa shape index (κ2) is 6.76. The number of benzene rings is 1. The monoisotopic (exact) mass is 281 g/mol. The largest absolute Gasteiger partial charge is 0.307 e. The van der Waals surface area contributed by atoms with Crippen LogP contribution in [0.1, 0.15) is 49.8 Å². The third-order valence-electron chi connectivity index (χ3n) is 4.14. The Morgan fingerprint density at radius 3 is 2.84 bits per heavy atom. The van der Waals surface area contributed by atoms with Crippen LogP contribution >= 0.6 is 11.8 Å². The van der Waals surface area contributed by atoms with Crippen LogP contribution in [0.25, 0.3) is 0 Å². The van der Waals surface area contributed by atoms with E-state index < -0.39 is 0 Å². The molecule has 0 aromatic heterocycles. The number of aryl methyl sites for hydroxylation is 1. The minimum atomic E-state index is -0.100. The molecule has 0 heterocycles. The first kappa shape index (κ1) is 14.9. The van der Waals surface area contributed by atoms with Crippen LogP contribution in [0.3, 0.4) is 0 Å². The lowest BCUT2D eigenvalue weighted by molar-refractivity contribution is 0.353. The molecule has 0 radical (unpaired) electrons. The Morgan fingerprint density at radius 1 is 1.37 bits per heavy atom. The highest BCUT2D eigenvalue weighted by molar-refractivity contribution is 7.99. The molecule has 3 unspecified atom stereocenters. The Kier molecular flexibility index (Phi) is 5.28. The zero-order chi connectivity index (χ0) is 13.8. The summed E-state index contributed by atoms with van der Waals surface area (Å²) in [5.74, 6) is -0.100. The number of hydrogen-bond donors (Lipinski definition) is 1. The van der Waals surface area contributed by atoms with E-state index in [-0.39, 0.29) is 11.9 Å². The van der Waals surface area contributed by atoms with Crippen molar-refractivity contribution in [2.45, 2.75) is 56.9 Å². The summed E-state index contributed by atoms with van der Waals surface area (Å²) in [5, 5.41) is 4.45. The van der Waals surface area contributed by atoms with E-state index in [0.717, 1.165) is 16.4 Å².